The average molecular weight is 363 g/mol. The van der Waals surface area contributed by atoms with Crippen LogP contribution in [0.3, 0.4) is 0 Å². The Kier molecular flexibility index (Phi) is 8.21. The van der Waals surface area contributed by atoms with Crippen molar-refractivity contribution in [2.75, 3.05) is 0 Å². The van der Waals surface area contributed by atoms with Gasteiger partial charge < -0.3 is 0 Å². The first-order valence-electron chi connectivity index (χ1n) is 4.82. The normalized spacial score (nSPS) is 8.13. The van der Waals surface area contributed by atoms with Crippen LogP contribution < -0.4 is 0 Å². The molecule has 15 heavy (non-hydrogen) atoms. The van der Waals surface area contributed by atoms with Crippen molar-refractivity contribution in [3.63, 3.8) is 0 Å². The number of benzene rings is 2. The molecule has 1 heteroatoms. The van der Waals surface area contributed by atoms with Gasteiger partial charge in [0.1, 0.15) is 0 Å². The Balaban J connectivity index is 0.000000245. The summed E-state index contributed by atoms with van der Waals surface area (Å²) in [6, 6.07) is 20.5. The Bertz CT molecular complexity index is 303. The van der Waals surface area contributed by atoms with E-state index in [0.29, 0.717) is 0 Å². The van der Waals surface area contributed by atoms with E-state index in [4.69, 9.17) is 0 Å². The van der Waals surface area contributed by atoms with Crippen molar-refractivity contribution < 1.29 is 25.8 Å². The van der Waals surface area contributed by atoms with Gasteiger partial charge in [0, 0.05) is 25.8 Å². The Morgan fingerprint density at radius 2 is 0.800 bits per heavy atom. The molecule has 0 aliphatic carbocycles. The third-order valence-electron chi connectivity index (χ3n) is 1.88. The fourth-order valence-electron chi connectivity index (χ4n) is 1.07. The van der Waals surface area contributed by atoms with E-state index in [1.165, 1.54) is 11.1 Å². The summed E-state index contributed by atoms with van der Waals surface area (Å²) in [4.78, 5) is 0. The molecule has 2 aromatic rings. The maximum atomic E-state index is 2.08. The monoisotopic (exact) mass is 364 g/mol. The number of aryl methyl sites for hydroxylation is 2. The quantitative estimate of drug-likeness (QED) is 0.622. The molecule has 0 atom stereocenters. The van der Waals surface area contributed by atoms with Crippen LogP contribution in [0.1, 0.15) is 11.1 Å². The fourth-order valence-corrected chi connectivity index (χ4v) is 1.07. The van der Waals surface area contributed by atoms with E-state index < -0.39 is 0 Å². The molecule has 0 radical (unpaired) electrons. The van der Waals surface area contributed by atoms with Gasteiger partial charge in [0.15, 0.2) is 0 Å². The minimum atomic E-state index is 0. The third-order valence-corrected chi connectivity index (χ3v) is 1.88. The molecule has 0 aliphatic rings. The van der Waals surface area contributed by atoms with Gasteiger partial charge in [-0.3, -0.25) is 0 Å². The second-order valence-corrected chi connectivity index (χ2v) is 3.31. The summed E-state index contributed by atoms with van der Waals surface area (Å²) in [5.74, 6) is 0. The summed E-state index contributed by atoms with van der Waals surface area (Å²) in [5, 5.41) is 0. The molecule has 0 fully saturated rings. The number of rotatable bonds is 0. The second-order valence-electron chi connectivity index (χ2n) is 3.31. The van der Waals surface area contributed by atoms with Crippen molar-refractivity contribution in [1.82, 2.24) is 0 Å². The largest absolute Gasteiger partial charge is 0.0622 e. The fraction of sp³-hybridized carbons (Fsp3) is 0.143. The topological polar surface area (TPSA) is 0 Å². The molecule has 0 aromatic heterocycles. The van der Waals surface area contributed by atoms with Crippen LogP contribution >= 0.6 is 0 Å². The van der Waals surface area contributed by atoms with Crippen LogP contribution in [0.15, 0.2) is 60.7 Å². The summed E-state index contributed by atoms with van der Waals surface area (Å²) in [7, 11) is 0. The predicted octanol–water partition coefficient (Wildman–Crippen LogP) is 3.99. The maximum Gasteiger partial charge on any atom is 0 e. The molecule has 0 nitrogen and oxygen atoms in total. The number of hydrogen-bond acceptors (Lipinski definition) is 0. The Hall–Kier alpha value is -0.690. The van der Waals surface area contributed by atoms with E-state index >= 15 is 0 Å². The zero-order valence-corrected chi connectivity index (χ0v) is 12.9. The van der Waals surface area contributed by atoms with Gasteiger partial charge in [-0.1, -0.05) is 71.8 Å². The summed E-state index contributed by atoms with van der Waals surface area (Å²) < 4.78 is 0. The zero-order valence-electron chi connectivity index (χ0n) is 9.27. The van der Waals surface area contributed by atoms with Crippen LogP contribution in [-0.2, 0) is 25.8 Å². The predicted molar refractivity (Wildman–Crippen MR) is 62.4 cm³/mol. The Labute approximate surface area is 111 Å². The van der Waals surface area contributed by atoms with E-state index in [1.54, 1.807) is 0 Å². The van der Waals surface area contributed by atoms with Gasteiger partial charge in [-0.05, 0) is 13.8 Å². The van der Waals surface area contributed by atoms with E-state index in [-0.39, 0.29) is 25.8 Å². The third kappa shape index (κ3) is 7.26. The minimum Gasteiger partial charge on any atom is -0.0622 e. The van der Waals surface area contributed by atoms with Gasteiger partial charge in [0.25, 0.3) is 0 Å². The average Bonchev–Trinajstić information content (AvgIpc) is 2.21. The summed E-state index contributed by atoms with van der Waals surface area (Å²) in [5.41, 5.74) is 2.64. The maximum absolute atomic E-state index is 2.08. The SMILES string of the molecule is Cc1ccccc1.Cc1ccccc1.[Hf]. The first kappa shape index (κ1) is 14.3. The van der Waals surface area contributed by atoms with Crippen molar-refractivity contribution in [3.8, 4) is 0 Å². The van der Waals surface area contributed by atoms with Crippen LogP contribution in [0.4, 0.5) is 0 Å². The summed E-state index contributed by atoms with van der Waals surface area (Å²) in [6.07, 6.45) is 0. The molecule has 0 saturated carbocycles. The zero-order chi connectivity index (χ0) is 10.2. The van der Waals surface area contributed by atoms with Gasteiger partial charge in [0.2, 0.25) is 0 Å². The van der Waals surface area contributed by atoms with Crippen molar-refractivity contribution in [1.29, 1.82) is 0 Å². The molecule has 2 aromatic carbocycles. The van der Waals surface area contributed by atoms with E-state index in [2.05, 4.69) is 38.1 Å². The van der Waals surface area contributed by atoms with Gasteiger partial charge >= 0.3 is 0 Å². The van der Waals surface area contributed by atoms with E-state index in [1.807, 2.05) is 36.4 Å². The van der Waals surface area contributed by atoms with Gasteiger partial charge in [-0.2, -0.15) is 0 Å². The first-order chi connectivity index (χ1) is 6.79. The van der Waals surface area contributed by atoms with Gasteiger partial charge in [-0.25, -0.2) is 0 Å². The van der Waals surface area contributed by atoms with Crippen molar-refractivity contribution in [3.05, 3.63) is 71.8 Å². The van der Waals surface area contributed by atoms with Crippen LogP contribution in [0.2, 0.25) is 0 Å². The minimum absolute atomic E-state index is 0. The molecule has 0 saturated heterocycles. The Morgan fingerprint density at radius 1 is 0.533 bits per heavy atom. The molecule has 0 bridgehead atoms. The van der Waals surface area contributed by atoms with Crippen molar-refractivity contribution in [2.24, 2.45) is 0 Å². The van der Waals surface area contributed by atoms with Gasteiger partial charge in [0.05, 0.1) is 0 Å². The molecular weight excluding hydrogens is 347 g/mol. The van der Waals surface area contributed by atoms with Crippen LogP contribution in [-0.4, -0.2) is 0 Å². The molecular formula is C14H16Hf. The molecule has 0 N–H and O–H groups in total. The number of hydrogen-bond donors (Lipinski definition) is 0. The molecule has 0 aliphatic heterocycles. The van der Waals surface area contributed by atoms with E-state index in [0.717, 1.165) is 0 Å². The molecule has 2 rings (SSSR count). The van der Waals surface area contributed by atoms with E-state index in [9.17, 15) is 0 Å². The van der Waals surface area contributed by atoms with Crippen LogP contribution in [0, 0.1) is 13.8 Å². The first-order valence-corrected chi connectivity index (χ1v) is 4.82. The second kappa shape index (κ2) is 8.60. The summed E-state index contributed by atoms with van der Waals surface area (Å²) in [6.45, 7) is 4.17. The smallest absolute Gasteiger partial charge is 0 e. The standard InChI is InChI=1S/2C7H8.Hf/c2*1-7-5-3-2-4-6-7;/h2*2-6H,1H3;. The Morgan fingerprint density at radius 3 is 0.933 bits per heavy atom. The van der Waals surface area contributed by atoms with Crippen LogP contribution in [0.5, 0.6) is 0 Å². The molecule has 0 heterocycles. The molecule has 0 unspecified atom stereocenters. The molecule has 0 spiro atoms. The van der Waals surface area contributed by atoms with Crippen molar-refractivity contribution >= 4 is 0 Å². The molecule has 0 amide bonds. The molecule has 76 valence electrons. The van der Waals surface area contributed by atoms with Crippen LogP contribution in [0.25, 0.3) is 0 Å². The van der Waals surface area contributed by atoms with Crippen molar-refractivity contribution in [2.45, 2.75) is 13.8 Å². The summed E-state index contributed by atoms with van der Waals surface area (Å²) >= 11 is 0. The van der Waals surface area contributed by atoms with Gasteiger partial charge in [-0.15, -0.1) is 0 Å².